The summed E-state index contributed by atoms with van der Waals surface area (Å²) < 4.78 is 57.8. The molecule has 9 heteroatoms. The molecule has 16 heavy (non-hydrogen) atoms. The molecule has 0 aliphatic heterocycles. The molecular formula is C7H9AsNaO6S+. The van der Waals surface area contributed by atoms with Crippen molar-refractivity contribution in [3.63, 3.8) is 0 Å². The molecule has 0 saturated heterocycles. The monoisotopic (exact) mass is 319 g/mol. The van der Waals surface area contributed by atoms with E-state index in [4.69, 9.17) is 12.7 Å². The molecule has 0 aromatic heterocycles. The van der Waals surface area contributed by atoms with Crippen LogP contribution >= 0.6 is 0 Å². The smallest absolute Gasteiger partial charge is 1.00 e. The van der Waals surface area contributed by atoms with E-state index in [1.54, 1.807) is 0 Å². The molecule has 0 saturated carbocycles. The van der Waals surface area contributed by atoms with E-state index in [2.05, 4.69) is 0 Å². The molecule has 0 spiro atoms. The topological polar surface area (TPSA) is 112 Å². The second-order valence-electron chi connectivity index (χ2n) is 2.94. The first-order valence-corrected chi connectivity index (χ1v) is 8.78. The average molecular weight is 319 g/mol. The molecule has 84 valence electrons. The maximum absolute atomic E-state index is 10.8. The van der Waals surface area contributed by atoms with Crippen molar-refractivity contribution >= 4 is 28.6 Å². The van der Waals surface area contributed by atoms with Gasteiger partial charge in [0.25, 0.3) is 0 Å². The Hall–Kier alpha value is 0.408. The van der Waals surface area contributed by atoms with Crippen LogP contribution < -0.4 is 33.9 Å². The number of benzene rings is 1. The zero-order valence-electron chi connectivity index (χ0n) is 8.44. The largest absolute Gasteiger partial charge is 1.00 e. The van der Waals surface area contributed by atoms with Gasteiger partial charge in [-0.3, -0.25) is 0 Å². The summed E-state index contributed by atoms with van der Waals surface area (Å²) in [6.07, 6.45) is 0. The van der Waals surface area contributed by atoms with Crippen LogP contribution in [0.3, 0.4) is 0 Å². The molecule has 0 fully saturated rings. The quantitative estimate of drug-likeness (QED) is 0.383. The summed E-state index contributed by atoms with van der Waals surface area (Å²) in [4.78, 5) is 0. The first-order valence-electron chi connectivity index (χ1n) is 3.79. The molecule has 3 N–H and O–H groups in total. The van der Waals surface area contributed by atoms with Gasteiger partial charge in [0.2, 0.25) is 0 Å². The maximum atomic E-state index is 10.8. The molecule has 6 nitrogen and oxygen atoms in total. The predicted octanol–water partition coefficient (Wildman–Crippen LogP) is -4.36. The Labute approximate surface area is 118 Å². The van der Waals surface area contributed by atoms with E-state index in [0.29, 0.717) is 0 Å². The summed E-state index contributed by atoms with van der Waals surface area (Å²) in [5.41, 5.74) is 0.269. The van der Waals surface area contributed by atoms with Gasteiger partial charge in [0.1, 0.15) is 0 Å². The third-order valence-corrected chi connectivity index (χ3v) is 4.36. The van der Waals surface area contributed by atoms with Crippen molar-refractivity contribution in [2.24, 2.45) is 0 Å². The summed E-state index contributed by atoms with van der Waals surface area (Å²) in [5.74, 6) is -0.568. The van der Waals surface area contributed by atoms with E-state index in [1.807, 2.05) is 0 Å². The van der Waals surface area contributed by atoms with E-state index in [1.165, 1.54) is 12.1 Å². The fraction of sp³-hybridized carbons (Fsp3) is 0.143. The Bertz CT molecular complexity index is 490. The molecule has 0 atom stereocenters. The summed E-state index contributed by atoms with van der Waals surface area (Å²) in [6, 6.07) is 4.81. The molecule has 1 aromatic rings. The van der Waals surface area contributed by atoms with Crippen molar-refractivity contribution in [2.75, 3.05) is 0 Å². The van der Waals surface area contributed by atoms with Crippen LogP contribution in [0.2, 0.25) is 0 Å². The fourth-order valence-corrected chi connectivity index (χ4v) is 2.74. The van der Waals surface area contributed by atoms with Crippen LogP contribution in [0.25, 0.3) is 0 Å². The Balaban J connectivity index is 0.00000225. The minimum absolute atomic E-state index is 0. The Kier molecular flexibility index (Phi) is 5.99. The van der Waals surface area contributed by atoms with Crippen molar-refractivity contribution in [3.8, 4) is 0 Å². The second kappa shape index (κ2) is 5.84. The zero-order chi connectivity index (χ0) is 11.7. The van der Waals surface area contributed by atoms with Crippen molar-refractivity contribution in [1.82, 2.24) is 0 Å². The number of hydrogen-bond donors (Lipinski definition) is 3. The van der Waals surface area contributed by atoms with Crippen molar-refractivity contribution in [3.05, 3.63) is 29.8 Å². The van der Waals surface area contributed by atoms with Gasteiger partial charge in [0.05, 0.1) is 0 Å². The molecule has 0 aliphatic carbocycles. The molecular weight excluding hydrogens is 310 g/mol. The maximum Gasteiger partial charge on any atom is 1.00 e. The number of rotatable bonds is 3. The van der Waals surface area contributed by atoms with Crippen LogP contribution in [0.15, 0.2) is 24.3 Å². The Morgan fingerprint density at radius 1 is 1.12 bits per heavy atom. The van der Waals surface area contributed by atoms with Crippen LogP contribution in [0.5, 0.6) is 0 Å². The van der Waals surface area contributed by atoms with Crippen LogP contribution in [0, 0.1) is 0 Å². The van der Waals surface area contributed by atoms with E-state index in [9.17, 15) is 12.2 Å². The molecule has 0 heterocycles. The van der Waals surface area contributed by atoms with E-state index < -0.39 is 30.0 Å². The molecule has 1 rings (SSSR count). The van der Waals surface area contributed by atoms with Gasteiger partial charge in [-0.1, -0.05) is 0 Å². The molecule has 0 radical (unpaired) electrons. The van der Waals surface area contributed by atoms with Crippen molar-refractivity contribution < 1.29 is 54.5 Å². The summed E-state index contributed by atoms with van der Waals surface area (Å²) in [6.45, 7) is 0. The third-order valence-electron chi connectivity index (χ3n) is 1.62. The Morgan fingerprint density at radius 2 is 1.56 bits per heavy atom. The average Bonchev–Trinajstić information content (AvgIpc) is 2.00. The second-order valence-corrected chi connectivity index (χ2v) is 7.76. The molecule has 0 aliphatic rings. The van der Waals surface area contributed by atoms with E-state index in [-0.39, 0.29) is 39.5 Å². The molecule has 0 amide bonds. The first kappa shape index (κ1) is 16.4. The van der Waals surface area contributed by atoms with E-state index >= 15 is 0 Å². The van der Waals surface area contributed by atoms with Gasteiger partial charge in [-0.05, 0) is 0 Å². The standard InChI is InChI=1S/C7H9AsO6S.Na/c9-8(10,11)7-3-1-6(2-4-7)5-15(12,13)14;/h1-4H,5H2,(H2,9,10,11)(H,12,13,14);/q;+1. The fourth-order valence-electron chi connectivity index (χ4n) is 0.997. The van der Waals surface area contributed by atoms with Gasteiger partial charge in [-0.2, -0.15) is 0 Å². The summed E-state index contributed by atoms with van der Waals surface area (Å²) in [5, 5.41) is 0. The van der Waals surface area contributed by atoms with Crippen LogP contribution in [0.4, 0.5) is 0 Å². The van der Waals surface area contributed by atoms with Crippen LogP contribution in [0.1, 0.15) is 5.56 Å². The van der Waals surface area contributed by atoms with Gasteiger partial charge < -0.3 is 0 Å². The minimum atomic E-state index is -4.90. The molecule has 1 aromatic carbocycles. The van der Waals surface area contributed by atoms with Crippen molar-refractivity contribution in [2.45, 2.75) is 5.75 Å². The van der Waals surface area contributed by atoms with E-state index in [0.717, 1.165) is 12.1 Å². The van der Waals surface area contributed by atoms with Gasteiger partial charge in [-0.25, -0.2) is 0 Å². The SMILES string of the molecule is O=S(=O)(O)Cc1ccc([As](=O)(O)O)cc1.[Na+]. The van der Waals surface area contributed by atoms with Gasteiger partial charge in [-0.15, -0.1) is 0 Å². The Morgan fingerprint density at radius 3 is 1.88 bits per heavy atom. The predicted molar refractivity (Wildman–Crippen MR) is 52.2 cm³/mol. The van der Waals surface area contributed by atoms with Crippen LogP contribution in [-0.4, -0.2) is 35.3 Å². The summed E-state index contributed by atoms with van der Waals surface area (Å²) >= 11 is -4.90. The summed E-state index contributed by atoms with van der Waals surface area (Å²) in [7, 11) is -4.11. The van der Waals surface area contributed by atoms with Gasteiger partial charge >= 0.3 is 119 Å². The van der Waals surface area contributed by atoms with Gasteiger partial charge in [0.15, 0.2) is 0 Å². The molecule has 0 unspecified atom stereocenters. The minimum Gasteiger partial charge on any atom is 1.00 e. The zero-order valence-corrected chi connectivity index (χ0v) is 13.1. The molecule has 0 bridgehead atoms. The first-order chi connectivity index (χ1) is 6.68. The van der Waals surface area contributed by atoms with Crippen molar-refractivity contribution in [1.29, 1.82) is 0 Å². The normalized spacial score (nSPS) is 11.9. The van der Waals surface area contributed by atoms with Gasteiger partial charge in [0, 0.05) is 0 Å². The van der Waals surface area contributed by atoms with Crippen LogP contribution in [-0.2, 0) is 19.6 Å². The third kappa shape index (κ3) is 5.65. The number of hydrogen-bond acceptors (Lipinski definition) is 3.